The molecule has 1 amide bonds. The van der Waals surface area contributed by atoms with E-state index in [0.29, 0.717) is 17.3 Å². The zero-order valence-corrected chi connectivity index (χ0v) is 26.8. The van der Waals surface area contributed by atoms with Gasteiger partial charge in [0.05, 0.1) is 0 Å². The molecule has 2 aromatic carbocycles. The second kappa shape index (κ2) is 18.1. The molecule has 1 aliphatic rings. The zero-order chi connectivity index (χ0) is 24.8. The average Bonchev–Trinajstić information content (AvgIpc) is 3.29. The Morgan fingerprint density at radius 3 is 2.28 bits per heavy atom. The monoisotopic (exact) mass is 657 g/mol. The van der Waals surface area contributed by atoms with Crippen molar-refractivity contribution < 1.29 is 4.79 Å². The van der Waals surface area contributed by atoms with Crippen molar-refractivity contribution in [2.75, 3.05) is 44.2 Å². The first kappa shape index (κ1) is 37.6. The van der Waals surface area contributed by atoms with Crippen LogP contribution in [0.3, 0.4) is 0 Å². The van der Waals surface area contributed by atoms with E-state index in [1.54, 1.807) is 0 Å². The SMILES string of the molecule is CCCc1nc(C(=O)NCCCN2CCN(c3cccc(Cl)c3C)CC2)cn1-c1ccc(Cl)cc1.Cl.Cl.Cl.Cl. The van der Waals surface area contributed by atoms with Gasteiger partial charge in [0.25, 0.3) is 5.91 Å². The Labute approximate surface area is 266 Å². The lowest BCUT2D eigenvalue weighted by molar-refractivity contribution is 0.0946. The van der Waals surface area contributed by atoms with Gasteiger partial charge in [-0.2, -0.15) is 0 Å². The predicted molar refractivity (Wildman–Crippen MR) is 173 cm³/mol. The minimum atomic E-state index is -0.128. The highest BCUT2D eigenvalue weighted by molar-refractivity contribution is 6.31. The van der Waals surface area contributed by atoms with Crippen LogP contribution in [0.1, 0.15) is 41.6 Å². The number of benzene rings is 2. The third kappa shape index (κ3) is 9.89. The summed E-state index contributed by atoms with van der Waals surface area (Å²) >= 11 is 12.3. The summed E-state index contributed by atoms with van der Waals surface area (Å²) in [5.41, 5.74) is 3.78. The number of imidazole rings is 1. The number of nitrogens with one attached hydrogen (secondary N) is 1. The Bertz CT molecular complexity index is 1150. The molecule has 39 heavy (non-hydrogen) atoms. The smallest absolute Gasteiger partial charge is 0.271 e. The van der Waals surface area contributed by atoms with Crippen LogP contribution in [-0.2, 0) is 6.42 Å². The zero-order valence-electron chi connectivity index (χ0n) is 22.1. The molecule has 1 fully saturated rings. The van der Waals surface area contributed by atoms with Gasteiger partial charge >= 0.3 is 0 Å². The molecule has 4 rings (SSSR count). The van der Waals surface area contributed by atoms with E-state index in [1.807, 2.05) is 47.2 Å². The number of aromatic nitrogens is 2. The number of hydrogen-bond donors (Lipinski definition) is 1. The first-order valence-electron chi connectivity index (χ1n) is 12.3. The molecule has 1 aliphatic heterocycles. The summed E-state index contributed by atoms with van der Waals surface area (Å²) < 4.78 is 1.98. The number of nitrogens with zero attached hydrogens (tertiary/aromatic N) is 4. The maximum atomic E-state index is 12.8. The van der Waals surface area contributed by atoms with Gasteiger partial charge in [-0.05, 0) is 68.3 Å². The second-order valence-electron chi connectivity index (χ2n) is 8.96. The first-order valence-corrected chi connectivity index (χ1v) is 13.1. The quantitative estimate of drug-likeness (QED) is 0.250. The number of amides is 1. The Balaban J connectivity index is 0.00000361. The largest absolute Gasteiger partial charge is 0.369 e. The molecule has 218 valence electrons. The first-order chi connectivity index (χ1) is 17.0. The summed E-state index contributed by atoms with van der Waals surface area (Å²) in [6, 6.07) is 13.7. The fraction of sp³-hybridized carbons (Fsp3) is 0.407. The van der Waals surface area contributed by atoms with Gasteiger partial charge in [-0.15, -0.1) is 49.6 Å². The molecule has 1 saturated heterocycles. The maximum absolute atomic E-state index is 12.8. The number of rotatable bonds is 9. The molecule has 1 aromatic heterocycles. The average molecular weight is 660 g/mol. The van der Waals surface area contributed by atoms with Gasteiger partial charge in [0.2, 0.25) is 0 Å². The number of carbonyl (C=O) groups is 1. The lowest BCUT2D eigenvalue weighted by Gasteiger charge is -2.37. The highest BCUT2D eigenvalue weighted by atomic mass is 35.5. The van der Waals surface area contributed by atoms with Gasteiger partial charge in [-0.3, -0.25) is 9.69 Å². The van der Waals surface area contributed by atoms with E-state index in [1.165, 1.54) is 5.69 Å². The molecule has 2 heterocycles. The summed E-state index contributed by atoms with van der Waals surface area (Å²) in [6.07, 6.45) is 4.48. The molecule has 0 radical (unpaired) electrons. The number of aryl methyl sites for hydroxylation is 1. The molecule has 0 bridgehead atoms. The molecule has 3 aromatic rings. The Morgan fingerprint density at radius 2 is 1.64 bits per heavy atom. The van der Waals surface area contributed by atoms with Crippen molar-refractivity contribution in [1.82, 2.24) is 19.8 Å². The highest BCUT2D eigenvalue weighted by Gasteiger charge is 2.19. The van der Waals surface area contributed by atoms with Crippen molar-refractivity contribution in [3.8, 4) is 5.69 Å². The van der Waals surface area contributed by atoms with Crippen LogP contribution in [0.25, 0.3) is 5.69 Å². The van der Waals surface area contributed by atoms with E-state index in [-0.39, 0.29) is 55.5 Å². The lowest BCUT2D eigenvalue weighted by atomic mass is 10.1. The lowest BCUT2D eigenvalue weighted by Crippen LogP contribution is -2.47. The minimum Gasteiger partial charge on any atom is -0.369 e. The Kier molecular flexibility index (Phi) is 17.5. The fourth-order valence-corrected chi connectivity index (χ4v) is 4.79. The highest BCUT2D eigenvalue weighted by Crippen LogP contribution is 2.27. The number of halogens is 6. The minimum absolute atomic E-state index is 0. The van der Waals surface area contributed by atoms with E-state index in [4.69, 9.17) is 23.2 Å². The van der Waals surface area contributed by atoms with Crippen molar-refractivity contribution in [2.24, 2.45) is 0 Å². The number of anilines is 1. The molecule has 0 spiro atoms. The van der Waals surface area contributed by atoms with Gasteiger partial charge in [0.1, 0.15) is 11.5 Å². The molecular formula is C27H37Cl6N5O. The van der Waals surface area contributed by atoms with Crippen molar-refractivity contribution in [3.63, 3.8) is 0 Å². The molecule has 0 saturated carbocycles. The van der Waals surface area contributed by atoms with Crippen LogP contribution >= 0.6 is 72.8 Å². The van der Waals surface area contributed by atoms with Crippen molar-refractivity contribution in [3.05, 3.63) is 75.8 Å². The number of hydrogen-bond acceptors (Lipinski definition) is 4. The summed E-state index contributed by atoms with van der Waals surface area (Å²) in [7, 11) is 0. The van der Waals surface area contributed by atoms with Crippen LogP contribution in [-0.4, -0.2) is 59.6 Å². The van der Waals surface area contributed by atoms with Gasteiger partial charge in [0, 0.05) is 66.8 Å². The van der Waals surface area contributed by atoms with Gasteiger partial charge < -0.3 is 14.8 Å². The summed E-state index contributed by atoms with van der Waals surface area (Å²) in [6.45, 7) is 9.75. The molecule has 0 atom stereocenters. The number of carbonyl (C=O) groups excluding carboxylic acids is 1. The van der Waals surface area contributed by atoms with Crippen LogP contribution in [0.5, 0.6) is 0 Å². The maximum Gasteiger partial charge on any atom is 0.271 e. The fourth-order valence-electron chi connectivity index (χ4n) is 4.50. The van der Waals surface area contributed by atoms with Crippen molar-refractivity contribution >= 4 is 84.4 Å². The van der Waals surface area contributed by atoms with E-state index in [0.717, 1.165) is 74.1 Å². The van der Waals surface area contributed by atoms with Gasteiger partial charge in [0.15, 0.2) is 0 Å². The number of piperazine rings is 1. The Morgan fingerprint density at radius 1 is 0.974 bits per heavy atom. The van der Waals surface area contributed by atoms with Crippen LogP contribution in [0, 0.1) is 6.92 Å². The van der Waals surface area contributed by atoms with Crippen molar-refractivity contribution in [2.45, 2.75) is 33.1 Å². The third-order valence-electron chi connectivity index (χ3n) is 6.48. The third-order valence-corrected chi connectivity index (χ3v) is 7.14. The standard InChI is InChI=1S/C27H33Cl2N5O.4ClH/c1-3-6-26-31-24(19-34(26)22-11-9-21(28)10-12-22)27(35)30-13-5-14-32-15-17-33(18-16-32)25-8-4-7-23(29)20(25)2;;;;/h4,7-12,19H,3,5-6,13-18H2,1-2H3,(H,30,35);4*1H. The van der Waals surface area contributed by atoms with Crippen LogP contribution in [0.4, 0.5) is 5.69 Å². The van der Waals surface area contributed by atoms with Crippen LogP contribution in [0.2, 0.25) is 10.0 Å². The summed E-state index contributed by atoms with van der Waals surface area (Å²) in [4.78, 5) is 22.2. The topological polar surface area (TPSA) is 53.4 Å². The van der Waals surface area contributed by atoms with Crippen LogP contribution in [0.15, 0.2) is 48.7 Å². The molecule has 6 nitrogen and oxygen atoms in total. The molecule has 1 N–H and O–H groups in total. The van der Waals surface area contributed by atoms with E-state index >= 15 is 0 Å². The van der Waals surface area contributed by atoms with Crippen molar-refractivity contribution in [1.29, 1.82) is 0 Å². The Hall–Kier alpha value is -1.38. The van der Waals surface area contributed by atoms with E-state index in [9.17, 15) is 4.79 Å². The van der Waals surface area contributed by atoms with Crippen LogP contribution < -0.4 is 10.2 Å². The predicted octanol–water partition coefficient (Wildman–Crippen LogP) is 7.07. The molecular weight excluding hydrogens is 623 g/mol. The molecule has 0 unspecified atom stereocenters. The summed E-state index contributed by atoms with van der Waals surface area (Å²) in [5.74, 6) is 0.754. The van der Waals surface area contributed by atoms with Gasteiger partial charge in [-0.1, -0.05) is 36.2 Å². The molecule has 0 aliphatic carbocycles. The summed E-state index contributed by atoms with van der Waals surface area (Å²) in [5, 5.41) is 4.55. The second-order valence-corrected chi connectivity index (χ2v) is 9.80. The van der Waals surface area contributed by atoms with E-state index < -0.39 is 0 Å². The normalized spacial score (nSPS) is 12.9. The van der Waals surface area contributed by atoms with Gasteiger partial charge in [-0.25, -0.2) is 4.98 Å². The molecule has 12 heteroatoms. The van der Waals surface area contributed by atoms with E-state index in [2.05, 4.69) is 40.0 Å².